The Kier molecular flexibility index (Phi) is 6.74. The number of hydrogen-bond acceptors (Lipinski definition) is 5. The minimum Gasteiger partial charge on any atom is -0.348 e. The van der Waals surface area contributed by atoms with Crippen LogP contribution < -0.4 is 9.62 Å². The fraction of sp³-hybridized carbons (Fsp3) is 0.350. The zero-order valence-electron chi connectivity index (χ0n) is 17.1. The molecule has 0 aliphatic rings. The fourth-order valence-corrected chi connectivity index (χ4v) is 4.41. The summed E-state index contributed by atoms with van der Waals surface area (Å²) in [5.41, 5.74) is 2.81. The van der Waals surface area contributed by atoms with Crippen LogP contribution in [0.1, 0.15) is 29.7 Å². The number of carbonyl (C=O) groups excluding carboxylic acids is 1. The molecule has 0 heterocycles. The maximum Gasteiger partial charge on any atom is 0.241 e. The molecule has 2 aromatic carbocycles. The number of carbonyl (C=O) groups is 1. The topological polar surface area (TPSA) is 101 Å². The van der Waals surface area contributed by atoms with Crippen LogP contribution in [0.3, 0.4) is 0 Å². The normalized spacial score (nSPS) is 13.0. The molecule has 0 aliphatic heterocycles. The van der Waals surface area contributed by atoms with Crippen molar-refractivity contribution < 1.29 is 21.6 Å². The van der Waals surface area contributed by atoms with Gasteiger partial charge in [-0.3, -0.25) is 9.10 Å². The fourth-order valence-electron chi connectivity index (χ4n) is 2.87. The Labute approximate surface area is 172 Å². The van der Waals surface area contributed by atoms with Crippen molar-refractivity contribution in [3.63, 3.8) is 0 Å². The summed E-state index contributed by atoms with van der Waals surface area (Å²) >= 11 is 0. The van der Waals surface area contributed by atoms with Crippen LogP contribution in [-0.4, -0.2) is 41.8 Å². The van der Waals surface area contributed by atoms with Gasteiger partial charge >= 0.3 is 0 Å². The average molecular weight is 439 g/mol. The minimum atomic E-state index is -3.67. The summed E-state index contributed by atoms with van der Waals surface area (Å²) < 4.78 is 48.8. The third-order valence-corrected chi connectivity index (χ3v) is 6.76. The van der Waals surface area contributed by atoms with Gasteiger partial charge in [-0.2, -0.15) is 0 Å². The van der Waals surface area contributed by atoms with Crippen molar-refractivity contribution in [2.75, 3.05) is 23.4 Å². The average Bonchev–Trinajstić information content (AvgIpc) is 2.60. The van der Waals surface area contributed by atoms with Gasteiger partial charge in [-0.1, -0.05) is 24.3 Å². The first-order valence-electron chi connectivity index (χ1n) is 8.93. The van der Waals surface area contributed by atoms with Gasteiger partial charge in [0.15, 0.2) is 9.84 Å². The predicted molar refractivity (Wildman–Crippen MR) is 114 cm³/mol. The van der Waals surface area contributed by atoms with Gasteiger partial charge in [0.05, 0.1) is 22.9 Å². The van der Waals surface area contributed by atoms with Crippen LogP contribution in [0.2, 0.25) is 0 Å². The second kappa shape index (κ2) is 8.54. The molecule has 0 aromatic heterocycles. The van der Waals surface area contributed by atoms with Gasteiger partial charge in [0.1, 0.15) is 6.54 Å². The van der Waals surface area contributed by atoms with Crippen molar-refractivity contribution >= 4 is 31.5 Å². The summed E-state index contributed by atoms with van der Waals surface area (Å²) in [4.78, 5) is 12.8. The van der Waals surface area contributed by atoms with Crippen LogP contribution in [0.4, 0.5) is 5.69 Å². The number of hydrogen-bond donors (Lipinski definition) is 1. The van der Waals surface area contributed by atoms with E-state index >= 15 is 0 Å². The molecule has 0 fully saturated rings. The Morgan fingerprint density at radius 2 is 1.59 bits per heavy atom. The third kappa shape index (κ3) is 6.04. The van der Waals surface area contributed by atoms with Gasteiger partial charge in [0, 0.05) is 6.26 Å². The number of sulfone groups is 1. The minimum absolute atomic E-state index is 0.193. The molecule has 0 bridgehead atoms. The summed E-state index contributed by atoms with van der Waals surface area (Å²) in [6, 6.07) is 11.2. The van der Waals surface area contributed by atoms with Crippen molar-refractivity contribution in [2.45, 2.75) is 31.7 Å². The number of nitrogens with one attached hydrogen (secondary N) is 1. The molecule has 9 heteroatoms. The Bertz CT molecular complexity index is 1110. The number of rotatable bonds is 7. The van der Waals surface area contributed by atoms with E-state index in [1.54, 1.807) is 32.0 Å². The first kappa shape index (κ1) is 22.9. The number of nitrogens with zero attached hydrogens (tertiary/aromatic N) is 1. The smallest absolute Gasteiger partial charge is 0.241 e. The monoisotopic (exact) mass is 438 g/mol. The highest BCUT2D eigenvalue weighted by Gasteiger charge is 2.23. The van der Waals surface area contributed by atoms with E-state index in [0.29, 0.717) is 11.3 Å². The molecule has 0 spiro atoms. The van der Waals surface area contributed by atoms with E-state index in [1.165, 1.54) is 12.1 Å². The summed E-state index contributed by atoms with van der Waals surface area (Å²) in [5.74, 6) is -0.462. The number of aryl methyl sites for hydroxylation is 2. The molecule has 158 valence electrons. The number of amides is 1. The van der Waals surface area contributed by atoms with Crippen LogP contribution in [0, 0.1) is 13.8 Å². The van der Waals surface area contributed by atoms with E-state index in [1.807, 2.05) is 19.1 Å². The highest BCUT2D eigenvalue weighted by Crippen LogP contribution is 2.24. The van der Waals surface area contributed by atoms with Crippen molar-refractivity contribution in [3.8, 4) is 0 Å². The Balaban J connectivity index is 2.19. The maximum atomic E-state index is 12.6. The zero-order valence-corrected chi connectivity index (χ0v) is 18.8. The van der Waals surface area contributed by atoms with E-state index in [2.05, 4.69) is 5.32 Å². The van der Waals surface area contributed by atoms with E-state index in [-0.39, 0.29) is 11.4 Å². The van der Waals surface area contributed by atoms with Crippen LogP contribution in [0.5, 0.6) is 0 Å². The van der Waals surface area contributed by atoms with Gasteiger partial charge in [-0.15, -0.1) is 0 Å². The quantitative estimate of drug-likeness (QED) is 0.715. The van der Waals surface area contributed by atoms with Crippen molar-refractivity contribution in [1.82, 2.24) is 5.32 Å². The molecule has 0 unspecified atom stereocenters. The van der Waals surface area contributed by atoms with Crippen LogP contribution in [-0.2, 0) is 24.7 Å². The molecule has 2 aromatic rings. The lowest BCUT2D eigenvalue weighted by molar-refractivity contribution is -0.120. The number of benzene rings is 2. The molecule has 0 saturated heterocycles. The lowest BCUT2D eigenvalue weighted by Gasteiger charge is -2.25. The highest BCUT2D eigenvalue weighted by atomic mass is 32.2. The van der Waals surface area contributed by atoms with Gasteiger partial charge in [0.2, 0.25) is 15.9 Å². The highest BCUT2D eigenvalue weighted by molar-refractivity contribution is 7.92. The Hall–Kier alpha value is -2.39. The predicted octanol–water partition coefficient (Wildman–Crippen LogP) is 2.35. The summed E-state index contributed by atoms with van der Waals surface area (Å²) in [6.07, 6.45) is 2.19. The zero-order chi connectivity index (χ0) is 22.0. The number of anilines is 1. The van der Waals surface area contributed by atoms with Crippen molar-refractivity contribution in [1.29, 1.82) is 0 Å². The third-order valence-electron chi connectivity index (χ3n) is 4.51. The number of sulfonamides is 1. The SMILES string of the molecule is Cc1ccc(C)c(N(CC(=O)N[C@H](C)c2ccc(S(C)(=O)=O)cc2)S(C)(=O)=O)c1. The second-order valence-corrected chi connectivity index (χ2v) is 11.1. The molecule has 0 radical (unpaired) electrons. The lowest BCUT2D eigenvalue weighted by Crippen LogP contribution is -2.41. The largest absolute Gasteiger partial charge is 0.348 e. The molecule has 1 amide bonds. The van der Waals surface area contributed by atoms with Crippen LogP contribution in [0.25, 0.3) is 0 Å². The molecule has 1 N–H and O–H groups in total. The molecule has 0 saturated carbocycles. The molecular formula is C20H26N2O5S2. The second-order valence-electron chi connectivity index (χ2n) is 7.19. The molecule has 7 nitrogen and oxygen atoms in total. The maximum absolute atomic E-state index is 12.6. The summed E-state index contributed by atoms with van der Waals surface area (Å²) in [7, 11) is -6.97. The van der Waals surface area contributed by atoms with Gasteiger partial charge in [-0.25, -0.2) is 16.8 Å². The first-order valence-corrected chi connectivity index (χ1v) is 12.7. The van der Waals surface area contributed by atoms with Gasteiger partial charge in [-0.05, 0) is 55.7 Å². The van der Waals surface area contributed by atoms with Crippen LogP contribution >= 0.6 is 0 Å². The van der Waals surface area contributed by atoms with Crippen molar-refractivity contribution in [3.05, 3.63) is 59.2 Å². The van der Waals surface area contributed by atoms with Crippen molar-refractivity contribution in [2.24, 2.45) is 0 Å². The van der Waals surface area contributed by atoms with E-state index in [4.69, 9.17) is 0 Å². The summed E-state index contributed by atoms with van der Waals surface area (Å²) in [5, 5.41) is 2.77. The molecule has 29 heavy (non-hydrogen) atoms. The Morgan fingerprint density at radius 1 is 1.00 bits per heavy atom. The van der Waals surface area contributed by atoms with E-state index < -0.39 is 31.8 Å². The molecule has 1 atom stereocenters. The molecule has 2 rings (SSSR count). The van der Waals surface area contributed by atoms with Crippen LogP contribution in [0.15, 0.2) is 47.4 Å². The first-order chi connectivity index (χ1) is 13.3. The van der Waals surface area contributed by atoms with E-state index in [9.17, 15) is 21.6 Å². The standard InChI is InChI=1S/C20H26N2O5S2/c1-14-6-7-15(2)19(12-14)22(29(5,26)27)13-20(23)21-16(3)17-8-10-18(11-9-17)28(4,24)25/h6-12,16H,13H2,1-5H3,(H,21,23)/t16-/m1/s1. The van der Waals surface area contributed by atoms with Gasteiger partial charge in [0.25, 0.3) is 0 Å². The van der Waals surface area contributed by atoms with Gasteiger partial charge < -0.3 is 5.32 Å². The lowest BCUT2D eigenvalue weighted by atomic mass is 10.1. The summed E-state index contributed by atoms with van der Waals surface area (Å²) in [6.45, 7) is 5.04. The molecule has 0 aliphatic carbocycles. The molecular weight excluding hydrogens is 412 g/mol. The Morgan fingerprint density at radius 3 is 2.10 bits per heavy atom. The van der Waals surface area contributed by atoms with E-state index in [0.717, 1.165) is 27.9 Å².